The second kappa shape index (κ2) is 5.48. The fraction of sp³-hybridized carbons (Fsp3) is 0.500. The van der Waals surface area contributed by atoms with Crippen LogP contribution in [0, 0.1) is 5.92 Å². The maximum Gasteiger partial charge on any atom is 0.248 e. The minimum absolute atomic E-state index is 0.446. The van der Waals surface area contributed by atoms with Crippen LogP contribution in [0.15, 0.2) is 18.2 Å². The van der Waals surface area contributed by atoms with Crippen molar-refractivity contribution in [2.24, 2.45) is 11.7 Å². The highest BCUT2D eigenvalue weighted by atomic mass is 16.1. The number of anilines is 2. The van der Waals surface area contributed by atoms with E-state index in [9.17, 15) is 4.79 Å². The van der Waals surface area contributed by atoms with Gasteiger partial charge in [-0.2, -0.15) is 0 Å². The fourth-order valence-electron chi connectivity index (χ4n) is 2.72. The Labute approximate surface area is 114 Å². The van der Waals surface area contributed by atoms with Crippen molar-refractivity contribution in [3.05, 3.63) is 23.8 Å². The molecule has 1 aliphatic heterocycles. The van der Waals surface area contributed by atoms with Gasteiger partial charge in [0, 0.05) is 25.7 Å². The smallest absolute Gasteiger partial charge is 0.248 e. The van der Waals surface area contributed by atoms with Crippen LogP contribution in [-0.2, 0) is 0 Å². The molecule has 5 nitrogen and oxygen atoms in total. The molecule has 0 bridgehead atoms. The van der Waals surface area contributed by atoms with Crippen molar-refractivity contribution < 1.29 is 4.79 Å². The van der Waals surface area contributed by atoms with Crippen LogP contribution in [0.5, 0.6) is 0 Å². The number of carbonyl (C=O) groups excluding carboxylic acids is 1. The molecule has 19 heavy (non-hydrogen) atoms. The summed E-state index contributed by atoms with van der Waals surface area (Å²) in [5, 5.41) is 0. The van der Waals surface area contributed by atoms with E-state index in [4.69, 9.17) is 11.5 Å². The average molecular weight is 262 g/mol. The van der Waals surface area contributed by atoms with Gasteiger partial charge in [0.2, 0.25) is 5.91 Å². The van der Waals surface area contributed by atoms with E-state index < -0.39 is 5.91 Å². The first-order valence-corrected chi connectivity index (χ1v) is 6.56. The van der Waals surface area contributed by atoms with E-state index in [1.54, 1.807) is 12.1 Å². The van der Waals surface area contributed by atoms with Crippen molar-refractivity contribution >= 4 is 17.3 Å². The first kappa shape index (κ1) is 13.7. The predicted octanol–water partition coefficient (Wildman–Crippen LogP) is 0.756. The molecule has 2 rings (SSSR count). The van der Waals surface area contributed by atoms with Crippen LogP contribution in [0.25, 0.3) is 0 Å². The van der Waals surface area contributed by atoms with Gasteiger partial charge in [-0.3, -0.25) is 4.79 Å². The molecular weight excluding hydrogens is 240 g/mol. The third-order valence-electron chi connectivity index (χ3n) is 3.74. The van der Waals surface area contributed by atoms with Gasteiger partial charge in [0.15, 0.2) is 0 Å². The Hall–Kier alpha value is -1.75. The van der Waals surface area contributed by atoms with Crippen molar-refractivity contribution in [2.75, 3.05) is 44.4 Å². The van der Waals surface area contributed by atoms with Gasteiger partial charge in [-0.1, -0.05) is 0 Å². The lowest BCUT2D eigenvalue weighted by Gasteiger charge is -2.24. The fourth-order valence-corrected chi connectivity index (χ4v) is 2.72. The predicted molar refractivity (Wildman–Crippen MR) is 78.2 cm³/mol. The van der Waals surface area contributed by atoms with E-state index in [-0.39, 0.29) is 0 Å². The molecule has 0 aromatic heterocycles. The third kappa shape index (κ3) is 3.17. The van der Waals surface area contributed by atoms with E-state index >= 15 is 0 Å². The summed E-state index contributed by atoms with van der Waals surface area (Å²) in [7, 11) is 4.18. The summed E-state index contributed by atoms with van der Waals surface area (Å²) in [6, 6.07) is 5.24. The Bertz CT molecular complexity index is 475. The van der Waals surface area contributed by atoms with Crippen molar-refractivity contribution in [2.45, 2.75) is 6.42 Å². The number of hydrogen-bond donors (Lipinski definition) is 2. The molecule has 104 valence electrons. The topological polar surface area (TPSA) is 75.6 Å². The molecule has 1 unspecified atom stereocenters. The molecule has 1 atom stereocenters. The number of rotatable bonds is 4. The van der Waals surface area contributed by atoms with Crippen LogP contribution in [0.1, 0.15) is 16.8 Å². The Kier molecular flexibility index (Phi) is 3.95. The number of amides is 1. The maximum absolute atomic E-state index is 11.1. The van der Waals surface area contributed by atoms with Gasteiger partial charge in [-0.25, -0.2) is 0 Å². The number of hydrogen-bond acceptors (Lipinski definition) is 4. The van der Waals surface area contributed by atoms with Gasteiger partial charge in [-0.05, 0) is 44.1 Å². The summed E-state index contributed by atoms with van der Waals surface area (Å²) in [5.74, 6) is 0.225. The van der Waals surface area contributed by atoms with Gasteiger partial charge >= 0.3 is 0 Å². The second-order valence-electron chi connectivity index (χ2n) is 5.44. The third-order valence-corrected chi connectivity index (χ3v) is 3.74. The van der Waals surface area contributed by atoms with E-state index in [2.05, 4.69) is 16.8 Å². The number of carbonyl (C=O) groups is 1. The number of likely N-dealkylation sites (tertiary alicyclic amines) is 1. The first-order chi connectivity index (χ1) is 8.97. The molecule has 1 aromatic carbocycles. The van der Waals surface area contributed by atoms with Crippen LogP contribution >= 0.6 is 0 Å². The van der Waals surface area contributed by atoms with Crippen molar-refractivity contribution in [3.63, 3.8) is 0 Å². The minimum Gasteiger partial charge on any atom is -0.397 e. The van der Waals surface area contributed by atoms with Crippen molar-refractivity contribution in [1.82, 2.24) is 4.90 Å². The molecule has 5 heteroatoms. The molecule has 1 aliphatic rings. The Morgan fingerprint density at radius 1 is 1.53 bits per heavy atom. The molecular formula is C14H22N4O. The van der Waals surface area contributed by atoms with Gasteiger partial charge in [-0.15, -0.1) is 0 Å². The zero-order chi connectivity index (χ0) is 14.0. The highest BCUT2D eigenvalue weighted by Gasteiger charge is 2.21. The van der Waals surface area contributed by atoms with Gasteiger partial charge in [0.1, 0.15) is 0 Å². The average Bonchev–Trinajstić information content (AvgIpc) is 2.74. The Morgan fingerprint density at radius 2 is 2.26 bits per heavy atom. The van der Waals surface area contributed by atoms with Gasteiger partial charge in [0.05, 0.1) is 11.4 Å². The number of nitrogen functional groups attached to an aromatic ring is 1. The lowest BCUT2D eigenvalue weighted by atomic mass is 10.1. The van der Waals surface area contributed by atoms with E-state index in [0.717, 1.165) is 25.3 Å². The highest BCUT2D eigenvalue weighted by molar-refractivity contribution is 5.94. The highest BCUT2D eigenvalue weighted by Crippen LogP contribution is 2.25. The number of nitrogens with zero attached hydrogens (tertiary/aromatic N) is 2. The normalized spacial score (nSPS) is 19.6. The molecule has 1 heterocycles. The molecule has 1 amide bonds. The van der Waals surface area contributed by atoms with E-state index in [1.165, 1.54) is 6.42 Å². The summed E-state index contributed by atoms with van der Waals surface area (Å²) < 4.78 is 0. The summed E-state index contributed by atoms with van der Waals surface area (Å²) in [6.07, 6.45) is 1.22. The number of primary amides is 1. The SMILES string of the molecule is CN1CCC(CN(C)c2ccc(C(N)=O)cc2N)C1. The molecule has 1 saturated heterocycles. The number of nitrogens with two attached hydrogens (primary N) is 2. The second-order valence-corrected chi connectivity index (χ2v) is 5.44. The molecule has 4 N–H and O–H groups in total. The molecule has 1 fully saturated rings. The zero-order valence-corrected chi connectivity index (χ0v) is 11.6. The van der Waals surface area contributed by atoms with Crippen molar-refractivity contribution in [1.29, 1.82) is 0 Å². The quantitative estimate of drug-likeness (QED) is 0.785. The Morgan fingerprint density at radius 3 is 2.79 bits per heavy atom. The van der Waals surface area contributed by atoms with E-state index in [1.807, 2.05) is 13.1 Å². The van der Waals surface area contributed by atoms with Crippen LogP contribution in [0.3, 0.4) is 0 Å². The lowest BCUT2D eigenvalue weighted by Crippen LogP contribution is -2.28. The molecule has 0 aliphatic carbocycles. The van der Waals surface area contributed by atoms with Gasteiger partial charge < -0.3 is 21.3 Å². The molecule has 0 saturated carbocycles. The first-order valence-electron chi connectivity index (χ1n) is 6.56. The van der Waals surface area contributed by atoms with Crippen molar-refractivity contribution in [3.8, 4) is 0 Å². The van der Waals surface area contributed by atoms with Crippen LogP contribution in [0.4, 0.5) is 11.4 Å². The lowest BCUT2D eigenvalue weighted by molar-refractivity contribution is 0.100. The molecule has 0 radical (unpaired) electrons. The summed E-state index contributed by atoms with van der Waals surface area (Å²) >= 11 is 0. The van der Waals surface area contributed by atoms with Crippen LogP contribution in [-0.4, -0.2) is 44.5 Å². The van der Waals surface area contributed by atoms with Crippen LogP contribution in [0.2, 0.25) is 0 Å². The molecule has 1 aromatic rings. The van der Waals surface area contributed by atoms with E-state index in [0.29, 0.717) is 17.2 Å². The monoisotopic (exact) mass is 262 g/mol. The number of benzene rings is 1. The summed E-state index contributed by atoms with van der Waals surface area (Å²) in [6.45, 7) is 3.27. The summed E-state index contributed by atoms with van der Waals surface area (Å²) in [5.41, 5.74) is 13.3. The standard InChI is InChI=1S/C14H22N4O/c1-17-6-5-10(8-17)9-18(2)13-4-3-11(14(16)19)7-12(13)15/h3-4,7,10H,5-6,8-9,15H2,1-2H3,(H2,16,19). The van der Waals surface area contributed by atoms with Gasteiger partial charge in [0.25, 0.3) is 0 Å². The maximum atomic E-state index is 11.1. The minimum atomic E-state index is -0.446. The zero-order valence-electron chi connectivity index (χ0n) is 11.6. The summed E-state index contributed by atoms with van der Waals surface area (Å²) in [4.78, 5) is 15.6. The van der Waals surface area contributed by atoms with Crippen LogP contribution < -0.4 is 16.4 Å². The molecule has 0 spiro atoms. The Balaban J connectivity index is 2.06. The largest absolute Gasteiger partial charge is 0.397 e.